The van der Waals surface area contributed by atoms with Crippen LogP contribution in [0.5, 0.6) is 0 Å². The number of ether oxygens (including phenoxy) is 1. The van der Waals surface area contributed by atoms with Gasteiger partial charge in [0.15, 0.2) is 0 Å². The molecule has 0 aromatic heterocycles. The number of aliphatic hydroxyl groups excluding tert-OH is 1. The Morgan fingerprint density at radius 3 is 3.31 bits per heavy atom. The number of aliphatic hydroxyl groups is 1. The Morgan fingerprint density at radius 2 is 2.46 bits per heavy atom. The van der Waals surface area contributed by atoms with E-state index in [0.717, 1.165) is 6.42 Å². The highest BCUT2D eigenvalue weighted by Gasteiger charge is 2.57. The van der Waals surface area contributed by atoms with Crippen LogP contribution >= 0.6 is 0 Å². The van der Waals surface area contributed by atoms with Crippen molar-refractivity contribution < 1.29 is 14.6 Å². The molecule has 0 amide bonds. The zero-order valence-electron chi connectivity index (χ0n) is 7.27. The molecule has 2 fully saturated rings. The zero-order valence-corrected chi connectivity index (χ0v) is 7.27. The molecule has 3 nitrogen and oxygen atoms in total. The summed E-state index contributed by atoms with van der Waals surface area (Å²) in [6, 6.07) is 0. The molecule has 1 spiro atoms. The average Bonchev–Trinajstić information content (AvgIpc) is 2.57. The molecular weight excluding hydrogens is 168 g/mol. The van der Waals surface area contributed by atoms with Crippen LogP contribution in [-0.2, 0) is 9.53 Å². The molecule has 1 N–H and O–H groups in total. The van der Waals surface area contributed by atoms with E-state index in [0.29, 0.717) is 12.8 Å². The number of rotatable bonds is 0. The number of hydrogen-bond donors (Lipinski definition) is 1. The normalized spacial score (nSPS) is 52.7. The van der Waals surface area contributed by atoms with Crippen molar-refractivity contribution in [3.05, 3.63) is 12.2 Å². The summed E-state index contributed by atoms with van der Waals surface area (Å²) in [6.45, 7) is 0. The summed E-state index contributed by atoms with van der Waals surface area (Å²) in [5.41, 5.74) is -0.431. The number of hydrogen-bond acceptors (Lipinski definition) is 3. The number of carbonyl (C=O) groups is 1. The molecule has 4 unspecified atom stereocenters. The van der Waals surface area contributed by atoms with E-state index in [1.807, 2.05) is 12.2 Å². The lowest BCUT2D eigenvalue weighted by Crippen LogP contribution is -2.47. The molecule has 70 valence electrons. The molecule has 0 aromatic rings. The zero-order chi connectivity index (χ0) is 9.05. The lowest BCUT2D eigenvalue weighted by Gasteiger charge is -2.35. The maximum absolute atomic E-state index is 11.7. The Bertz CT molecular complexity index is 297. The van der Waals surface area contributed by atoms with Crippen molar-refractivity contribution in [2.75, 3.05) is 0 Å². The van der Waals surface area contributed by atoms with Crippen LogP contribution in [0, 0.1) is 5.92 Å². The standard InChI is InChI=1S/C10H12O3/c11-7-2-4-10-3-1-6(13-10)5-8(12)9(7)10/h1,3,6-7,9,11H,2,4-5H2. The molecule has 3 aliphatic rings. The minimum Gasteiger partial charge on any atom is -0.392 e. The maximum atomic E-state index is 11.7. The molecule has 1 saturated carbocycles. The van der Waals surface area contributed by atoms with Gasteiger partial charge in [-0.3, -0.25) is 4.79 Å². The van der Waals surface area contributed by atoms with E-state index in [4.69, 9.17) is 4.74 Å². The highest BCUT2D eigenvalue weighted by atomic mass is 16.5. The summed E-state index contributed by atoms with van der Waals surface area (Å²) in [5, 5.41) is 9.67. The Balaban J connectivity index is 2.06. The topological polar surface area (TPSA) is 46.5 Å². The van der Waals surface area contributed by atoms with Gasteiger partial charge in [-0.15, -0.1) is 0 Å². The first-order chi connectivity index (χ1) is 6.21. The molecule has 0 radical (unpaired) electrons. The van der Waals surface area contributed by atoms with E-state index < -0.39 is 11.7 Å². The van der Waals surface area contributed by atoms with Gasteiger partial charge in [-0.1, -0.05) is 12.2 Å². The number of Topliss-reactive ketones (excluding diaryl/α,β-unsaturated/α-hetero) is 1. The predicted molar refractivity (Wildman–Crippen MR) is 45.1 cm³/mol. The smallest absolute Gasteiger partial charge is 0.144 e. The van der Waals surface area contributed by atoms with Crippen molar-refractivity contribution in [2.24, 2.45) is 5.92 Å². The molecule has 3 rings (SSSR count). The first-order valence-electron chi connectivity index (χ1n) is 4.79. The van der Waals surface area contributed by atoms with E-state index >= 15 is 0 Å². The first kappa shape index (κ1) is 7.71. The second-order valence-corrected chi connectivity index (χ2v) is 4.22. The van der Waals surface area contributed by atoms with Gasteiger partial charge in [0, 0.05) is 6.42 Å². The van der Waals surface area contributed by atoms with Crippen molar-refractivity contribution in [2.45, 2.75) is 37.1 Å². The maximum Gasteiger partial charge on any atom is 0.144 e. The lowest BCUT2D eigenvalue weighted by molar-refractivity contribution is -0.151. The summed E-state index contributed by atoms with van der Waals surface area (Å²) >= 11 is 0. The van der Waals surface area contributed by atoms with Gasteiger partial charge in [0.1, 0.15) is 5.78 Å². The molecule has 1 saturated heterocycles. The fourth-order valence-corrected chi connectivity index (χ4v) is 2.89. The van der Waals surface area contributed by atoms with E-state index in [1.54, 1.807) is 0 Å². The minimum atomic E-state index is -0.490. The highest BCUT2D eigenvalue weighted by Crippen LogP contribution is 2.48. The number of carbonyl (C=O) groups excluding carboxylic acids is 1. The van der Waals surface area contributed by atoms with Gasteiger partial charge in [0.05, 0.1) is 23.7 Å². The Morgan fingerprint density at radius 1 is 1.62 bits per heavy atom. The monoisotopic (exact) mass is 180 g/mol. The van der Waals surface area contributed by atoms with E-state index in [1.165, 1.54) is 0 Å². The fourth-order valence-electron chi connectivity index (χ4n) is 2.89. The van der Waals surface area contributed by atoms with Gasteiger partial charge < -0.3 is 9.84 Å². The van der Waals surface area contributed by atoms with E-state index in [-0.39, 0.29) is 17.8 Å². The summed E-state index contributed by atoms with van der Waals surface area (Å²) < 4.78 is 5.76. The molecule has 2 bridgehead atoms. The van der Waals surface area contributed by atoms with Gasteiger partial charge >= 0.3 is 0 Å². The second-order valence-electron chi connectivity index (χ2n) is 4.22. The lowest BCUT2D eigenvalue weighted by atomic mass is 9.84. The van der Waals surface area contributed by atoms with Gasteiger partial charge in [-0.25, -0.2) is 0 Å². The Hall–Kier alpha value is -0.670. The van der Waals surface area contributed by atoms with Crippen LogP contribution in [0.3, 0.4) is 0 Å². The molecular formula is C10H12O3. The van der Waals surface area contributed by atoms with Crippen LogP contribution in [-0.4, -0.2) is 28.7 Å². The summed E-state index contributed by atoms with van der Waals surface area (Å²) in [4.78, 5) is 11.7. The Labute approximate surface area is 76.4 Å². The molecule has 2 heterocycles. The van der Waals surface area contributed by atoms with Crippen LogP contribution in [0.25, 0.3) is 0 Å². The number of ketones is 1. The van der Waals surface area contributed by atoms with E-state index in [9.17, 15) is 9.90 Å². The highest BCUT2D eigenvalue weighted by molar-refractivity contribution is 5.86. The van der Waals surface area contributed by atoms with Crippen molar-refractivity contribution >= 4 is 5.78 Å². The quantitative estimate of drug-likeness (QED) is 0.550. The van der Waals surface area contributed by atoms with Crippen molar-refractivity contribution in [1.82, 2.24) is 0 Å². The van der Waals surface area contributed by atoms with Gasteiger partial charge in [-0.05, 0) is 12.8 Å². The number of fused-ring (bicyclic) bond motifs is 1. The SMILES string of the molecule is O=C1CC2C=CC3(CCC(O)C13)O2. The van der Waals surface area contributed by atoms with Crippen LogP contribution in [0.1, 0.15) is 19.3 Å². The molecule has 13 heavy (non-hydrogen) atoms. The van der Waals surface area contributed by atoms with Gasteiger partial charge in [0.25, 0.3) is 0 Å². The largest absolute Gasteiger partial charge is 0.392 e. The van der Waals surface area contributed by atoms with E-state index in [2.05, 4.69) is 0 Å². The third kappa shape index (κ3) is 0.837. The Kier molecular flexibility index (Phi) is 1.32. The van der Waals surface area contributed by atoms with Crippen LogP contribution in [0.2, 0.25) is 0 Å². The van der Waals surface area contributed by atoms with Crippen LogP contribution in [0.15, 0.2) is 12.2 Å². The summed E-state index contributed by atoms with van der Waals surface area (Å²) in [7, 11) is 0. The third-order valence-corrected chi connectivity index (χ3v) is 3.46. The molecule has 4 atom stereocenters. The summed E-state index contributed by atoms with van der Waals surface area (Å²) in [6.07, 6.45) is 5.37. The summed E-state index contributed by atoms with van der Waals surface area (Å²) in [5.74, 6) is -0.117. The molecule has 1 aliphatic carbocycles. The van der Waals surface area contributed by atoms with Gasteiger partial charge in [-0.2, -0.15) is 0 Å². The average molecular weight is 180 g/mol. The molecule has 0 aromatic carbocycles. The molecule has 3 heteroatoms. The van der Waals surface area contributed by atoms with Crippen LogP contribution in [0.4, 0.5) is 0 Å². The third-order valence-electron chi connectivity index (χ3n) is 3.46. The minimum absolute atomic E-state index is 0.0194. The van der Waals surface area contributed by atoms with Crippen molar-refractivity contribution in [3.8, 4) is 0 Å². The molecule has 2 aliphatic heterocycles. The first-order valence-corrected chi connectivity index (χ1v) is 4.79. The fraction of sp³-hybridized carbons (Fsp3) is 0.700. The van der Waals surface area contributed by atoms with Crippen molar-refractivity contribution in [3.63, 3.8) is 0 Å². The second kappa shape index (κ2) is 2.22. The van der Waals surface area contributed by atoms with Crippen molar-refractivity contribution in [1.29, 1.82) is 0 Å². The predicted octanol–water partition coefficient (Wildman–Crippen LogP) is 0.424. The van der Waals surface area contributed by atoms with Crippen LogP contribution < -0.4 is 0 Å². The van der Waals surface area contributed by atoms with Gasteiger partial charge in [0.2, 0.25) is 0 Å².